The van der Waals surface area contributed by atoms with Gasteiger partial charge in [-0.1, -0.05) is 23.7 Å². The number of ether oxygens (including phenoxy) is 1. The summed E-state index contributed by atoms with van der Waals surface area (Å²) in [5.74, 6) is -0.318. The van der Waals surface area contributed by atoms with Crippen molar-refractivity contribution < 1.29 is 9.53 Å². The van der Waals surface area contributed by atoms with Gasteiger partial charge >= 0.3 is 5.97 Å². The zero-order chi connectivity index (χ0) is 14.5. The number of nitrogens with one attached hydrogen (secondary N) is 1. The third-order valence-corrected chi connectivity index (χ3v) is 4.66. The average molecular weight is 375 g/mol. The lowest BCUT2D eigenvalue weighted by Gasteiger charge is -2.18. The van der Waals surface area contributed by atoms with E-state index in [4.69, 9.17) is 16.3 Å². The summed E-state index contributed by atoms with van der Waals surface area (Å²) >= 11 is 11.0. The number of rotatable bonds is 5. The lowest BCUT2D eigenvalue weighted by molar-refractivity contribution is -0.144. The molecule has 1 heterocycles. The molecule has 1 aromatic carbocycles. The van der Waals surface area contributed by atoms with Gasteiger partial charge in [0, 0.05) is 14.7 Å². The molecule has 0 aliphatic carbocycles. The summed E-state index contributed by atoms with van der Waals surface area (Å²) in [6.07, 6.45) is 0. The van der Waals surface area contributed by atoms with Gasteiger partial charge in [0.15, 0.2) is 6.04 Å². The molecule has 0 spiro atoms. The normalized spacial score (nSPS) is 11.9. The number of thiophene rings is 1. The van der Waals surface area contributed by atoms with Crippen LogP contribution in [0.25, 0.3) is 0 Å². The second-order valence-electron chi connectivity index (χ2n) is 3.98. The van der Waals surface area contributed by atoms with Gasteiger partial charge in [0.05, 0.1) is 17.3 Å². The highest BCUT2D eigenvalue weighted by molar-refractivity contribution is 9.10. The van der Waals surface area contributed by atoms with E-state index in [1.807, 2.05) is 29.6 Å². The Bertz CT molecular complexity index is 602. The second-order valence-corrected chi connectivity index (χ2v) is 6.24. The maximum Gasteiger partial charge on any atom is 0.334 e. The van der Waals surface area contributed by atoms with Crippen LogP contribution in [0.4, 0.5) is 5.69 Å². The average Bonchev–Trinajstić information content (AvgIpc) is 2.84. The summed E-state index contributed by atoms with van der Waals surface area (Å²) in [6, 6.07) is 8.64. The van der Waals surface area contributed by atoms with Crippen molar-refractivity contribution in [2.45, 2.75) is 13.0 Å². The molecule has 0 radical (unpaired) electrons. The van der Waals surface area contributed by atoms with Crippen molar-refractivity contribution in [2.24, 2.45) is 0 Å². The molecule has 3 nitrogen and oxygen atoms in total. The van der Waals surface area contributed by atoms with E-state index in [-0.39, 0.29) is 5.97 Å². The van der Waals surface area contributed by atoms with Gasteiger partial charge in [-0.2, -0.15) is 0 Å². The van der Waals surface area contributed by atoms with Gasteiger partial charge in [0.2, 0.25) is 0 Å². The molecule has 106 valence electrons. The van der Waals surface area contributed by atoms with Crippen LogP contribution in [0.5, 0.6) is 0 Å². The third kappa shape index (κ3) is 3.75. The molecule has 0 amide bonds. The first kappa shape index (κ1) is 15.4. The monoisotopic (exact) mass is 373 g/mol. The van der Waals surface area contributed by atoms with Crippen LogP contribution in [0.15, 0.2) is 40.2 Å². The molecule has 0 bridgehead atoms. The fraction of sp³-hybridized carbons (Fsp3) is 0.214. The molecule has 0 aliphatic rings. The molecule has 2 aromatic rings. The first-order valence-electron chi connectivity index (χ1n) is 6.03. The van der Waals surface area contributed by atoms with Crippen molar-refractivity contribution in [2.75, 3.05) is 11.9 Å². The Hall–Kier alpha value is -1.04. The smallest absolute Gasteiger partial charge is 0.334 e. The molecule has 2 rings (SSSR count). The quantitative estimate of drug-likeness (QED) is 0.758. The zero-order valence-corrected chi connectivity index (χ0v) is 13.9. The molecule has 6 heteroatoms. The highest BCUT2D eigenvalue weighted by Crippen LogP contribution is 2.31. The van der Waals surface area contributed by atoms with E-state index in [0.717, 1.165) is 9.35 Å². The number of esters is 1. The van der Waals surface area contributed by atoms with E-state index in [9.17, 15) is 4.79 Å². The van der Waals surface area contributed by atoms with Crippen LogP contribution in [0.1, 0.15) is 17.8 Å². The molecular weight excluding hydrogens is 362 g/mol. The van der Waals surface area contributed by atoms with Gasteiger partial charge in [-0.05, 0) is 41.1 Å². The van der Waals surface area contributed by atoms with Crippen LogP contribution in [-0.4, -0.2) is 12.6 Å². The highest BCUT2D eigenvalue weighted by atomic mass is 79.9. The maximum absolute atomic E-state index is 12.1. The molecule has 1 aromatic heterocycles. The highest BCUT2D eigenvalue weighted by Gasteiger charge is 2.24. The van der Waals surface area contributed by atoms with E-state index in [0.29, 0.717) is 17.3 Å². The Morgan fingerprint density at radius 2 is 2.25 bits per heavy atom. The molecule has 1 unspecified atom stereocenters. The number of hydrogen-bond donors (Lipinski definition) is 1. The van der Waals surface area contributed by atoms with E-state index < -0.39 is 6.04 Å². The molecule has 0 saturated carbocycles. The molecule has 0 saturated heterocycles. The summed E-state index contributed by atoms with van der Waals surface area (Å²) in [5, 5.41) is 5.64. The second kappa shape index (κ2) is 7.11. The Balaban J connectivity index is 2.27. The van der Waals surface area contributed by atoms with Gasteiger partial charge in [-0.25, -0.2) is 4.79 Å². The minimum Gasteiger partial charge on any atom is -0.464 e. The number of para-hydroxylation sites is 1. The predicted octanol–water partition coefficient (Wildman–Crippen LogP) is 4.88. The molecule has 0 aliphatic heterocycles. The fourth-order valence-electron chi connectivity index (χ4n) is 1.69. The summed E-state index contributed by atoms with van der Waals surface area (Å²) in [7, 11) is 0. The molecule has 1 atom stereocenters. The van der Waals surface area contributed by atoms with Crippen LogP contribution < -0.4 is 5.32 Å². The van der Waals surface area contributed by atoms with Gasteiger partial charge in [0.1, 0.15) is 0 Å². The number of hydrogen-bond acceptors (Lipinski definition) is 4. The number of carbonyl (C=O) groups excluding carboxylic acids is 1. The van der Waals surface area contributed by atoms with Gasteiger partial charge < -0.3 is 10.1 Å². The van der Waals surface area contributed by atoms with E-state index >= 15 is 0 Å². The van der Waals surface area contributed by atoms with Crippen molar-refractivity contribution in [3.63, 3.8) is 0 Å². The van der Waals surface area contributed by atoms with Crippen LogP contribution in [0.2, 0.25) is 5.02 Å². The van der Waals surface area contributed by atoms with Gasteiger partial charge in [-0.15, -0.1) is 11.3 Å². The SMILES string of the molecule is CCOC(=O)C(Nc1ccccc1Cl)c1cc(Br)cs1. The van der Waals surface area contributed by atoms with E-state index in [2.05, 4.69) is 21.2 Å². The Labute approximate surface area is 135 Å². The van der Waals surface area contributed by atoms with Crippen molar-refractivity contribution >= 4 is 50.5 Å². The van der Waals surface area contributed by atoms with Crippen molar-refractivity contribution in [3.8, 4) is 0 Å². The molecule has 1 N–H and O–H groups in total. The minimum absolute atomic E-state index is 0.318. The van der Waals surface area contributed by atoms with Gasteiger partial charge in [-0.3, -0.25) is 0 Å². The van der Waals surface area contributed by atoms with Crippen molar-refractivity contribution in [1.29, 1.82) is 0 Å². The first-order valence-corrected chi connectivity index (χ1v) is 8.08. The van der Waals surface area contributed by atoms with Crippen LogP contribution in [0, 0.1) is 0 Å². The lowest BCUT2D eigenvalue weighted by atomic mass is 10.2. The summed E-state index contributed by atoms with van der Waals surface area (Å²) in [5.41, 5.74) is 0.705. The van der Waals surface area contributed by atoms with E-state index in [1.165, 1.54) is 11.3 Å². The lowest BCUT2D eigenvalue weighted by Crippen LogP contribution is -2.22. The molecular formula is C14H13BrClNO2S. The van der Waals surface area contributed by atoms with Gasteiger partial charge in [0.25, 0.3) is 0 Å². The summed E-state index contributed by atoms with van der Waals surface area (Å²) in [6.45, 7) is 2.13. The predicted molar refractivity (Wildman–Crippen MR) is 86.5 cm³/mol. The molecule has 0 fully saturated rings. The maximum atomic E-state index is 12.1. The largest absolute Gasteiger partial charge is 0.464 e. The summed E-state index contributed by atoms with van der Waals surface area (Å²) in [4.78, 5) is 13.0. The van der Waals surface area contributed by atoms with Crippen LogP contribution in [0.3, 0.4) is 0 Å². The third-order valence-electron chi connectivity index (χ3n) is 2.57. The van der Waals surface area contributed by atoms with Crippen molar-refractivity contribution in [1.82, 2.24) is 0 Å². The Morgan fingerprint density at radius 1 is 1.50 bits per heavy atom. The summed E-state index contributed by atoms with van der Waals surface area (Å²) < 4.78 is 6.06. The zero-order valence-electron chi connectivity index (χ0n) is 10.7. The Morgan fingerprint density at radius 3 is 2.85 bits per heavy atom. The minimum atomic E-state index is -0.564. The first-order chi connectivity index (χ1) is 9.61. The fourth-order valence-corrected chi connectivity index (χ4v) is 3.36. The standard InChI is InChI=1S/C14H13BrClNO2S/c1-2-19-14(18)13(12-7-9(15)8-20-12)17-11-6-4-3-5-10(11)16/h3-8,13,17H,2H2,1H3. The van der Waals surface area contributed by atoms with Crippen LogP contribution in [-0.2, 0) is 9.53 Å². The number of anilines is 1. The molecule has 20 heavy (non-hydrogen) atoms. The topological polar surface area (TPSA) is 38.3 Å². The van der Waals surface area contributed by atoms with E-state index in [1.54, 1.807) is 13.0 Å². The van der Waals surface area contributed by atoms with Crippen LogP contribution >= 0.6 is 38.9 Å². The number of benzene rings is 1. The van der Waals surface area contributed by atoms with Crippen molar-refractivity contribution in [3.05, 3.63) is 50.1 Å². The number of carbonyl (C=O) groups is 1. The number of halogens is 2. The Kier molecular flexibility index (Phi) is 5.46.